The number of nitrogens with one attached hydrogen (secondary N) is 1. The molecular formula is C25H31N3O. The summed E-state index contributed by atoms with van der Waals surface area (Å²) in [6, 6.07) is 21.6. The van der Waals surface area contributed by atoms with Crippen molar-refractivity contribution in [2.45, 2.75) is 32.0 Å². The summed E-state index contributed by atoms with van der Waals surface area (Å²) in [4.78, 5) is 4.68. The van der Waals surface area contributed by atoms with Crippen molar-refractivity contribution in [2.75, 3.05) is 26.2 Å². The minimum atomic E-state index is 0.484. The third-order valence-corrected chi connectivity index (χ3v) is 5.86. The smallest absolute Gasteiger partial charge is 0.116 e. The summed E-state index contributed by atoms with van der Waals surface area (Å²) in [5.74, 6) is 0.484. The van der Waals surface area contributed by atoms with Crippen molar-refractivity contribution in [1.29, 1.82) is 0 Å². The van der Waals surface area contributed by atoms with Gasteiger partial charge in [0.15, 0.2) is 0 Å². The van der Waals surface area contributed by atoms with Crippen molar-refractivity contribution in [3.05, 3.63) is 95.4 Å². The van der Waals surface area contributed by atoms with Gasteiger partial charge >= 0.3 is 0 Å². The molecule has 2 aliphatic rings. The Morgan fingerprint density at radius 1 is 0.862 bits per heavy atom. The number of aliphatic hydroxyl groups excluding tert-OH is 1. The molecule has 0 aliphatic carbocycles. The highest BCUT2D eigenvalue weighted by Crippen LogP contribution is 2.17. The maximum atomic E-state index is 10.5. The zero-order valence-corrected chi connectivity index (χ0v) is 17.0. The number of nitrogens with zero attached hydrogens (tertiary/aromatic N) is 2. The number of hydrogen-bond acceptors (Lipinski definition) is 4. The summed E-state index contributed by atoms with van der Waals surface area (Å²) < 4.78 is 0. The van der Waals surface area contributed by atoms with Crippen molar-refractivity contribution >= 4 is 0 Å². The molecule has 0 spiro atoms. The molecule has 0 atom stereocenters. The average molecular weight is 390 g/mol. The van der Waals surface area contributed by atoms with Crippen LogP contribution in [-0.2, 0) is 13.1 Å². The molecule has 4 rings (SSSR count). The second-order valence-electron chi connectivity index (χ2n) is 8.10. The molecule has 4 heteroatoms. The van der Waals surface area contributed by atoms with Gasteiger partial charge in [-0.15, -0.1) is 0 Å². The highest BCUT2D eigenvalue weighted by atomic mass is 16.3. The van der Waals surface area contributed by atoms with E-state index in [4.69, 9.17) is 0 Å². The lowest BCUT2D eigenvalue weighted by Gasteiger charge is -2.33. The Balaban J connectivity index is 1.20. The van der Waals surface area contributed by atoms with Crippen LogP contribution in [0.4, 0.5) is 0 Å². The molecule has 0 radical (unpaired) electrons. The van der Waals surface area contributed by atoms with E-state index in [9.17, 15) is 5.11 Å². The Morgan fingerprint density at radius 3 is 2.10 bits per heavy atom. The molecular weight excluding hydrogens is 358 g/mol. The molecule has 2 N–H and O–H groups in total. The Morgan fingerprint density at radius 2 is 1.48 bits per heavy atom. The third kappa shape index (κ3) is 5.72. The Hall–Kier alpha value is -2.56. The number of rotatable bonds is 7. The molecule has 152 valence electrons. The number of benzene rings is 2. The first kappa shape index (κ1) is 19.7. The van der Waals surface area contributed by atoms with Gasteiger partial charge < -0.3 is 15.3 Å². The monoisotopic (exact) mass is 389 g/mol. The van der Waals surface area contributed by atoms with E-state index in [1.54, 1.807) is 0 Å². The van der Waals surface area contributed by atoms with Crippen LogP contribution in [0.2, 0.25) is 0 Å². The molecule has 0 saturated carbocycles. The second kappa shape index (κ2) is 9.77. The molecule has 2 aliphatic heterocycles. The van der Waals surface area contributed by atoms with Gasteiger partial charge in [0.05, 0.1) is 6.54 Å². The van der Waals surface area contributed by atoms with Crippen LogP contribution in [0.3, 0.4) is 0 Å². The first-order chi connectivity index (χ1) is 14.3. The van der Waals surface area contributed by atoms with Gasteiger partial charge in [-0.3, -0.25) is 4.90 Å². The predicted octanol–water partition coefficient (Wildman–Crippen LogP) is 4.08. The summed E-state index contributed by atoms with van der Waals surface area (Å²) in [5, 5.41) is 14.1. The summed E-state index contributed by atoms with van der Waals surface area (Å²) in [5.41, 5.74) is 3.66. The van der Waals surface area contributed by atoms with Crippen molar-refractivity contribution in [3.8, 4) is 0 Å². The van der Waals surface area contributed by atoms with Gasteiger partial charge in [-0.2, -0.15) is 0 Å². The van der Waals surface area contributed by atoms with E-state index in [1.165, 1.54) is 11.1 Å². The SMILES string of the molecule is OC1=C(CNC2CCN(Cc3ccccc3)CC2)C=CN(Cc2ccccc2)C1. The molecule has 2 heterocycles. The molecule has 2 aromatic rings. The highest BCUT2D eigenvalue weighted by Gasteiger charge is 2.20. The van der Waals surface area contributed by atoms with Crippen LogP contribution in [0.5, 0.6) is 0 Å². The van der Waals surface area contributed by atoms with E-state index in [-0.39, 0.29) is 0 Å². The number of piperidine rings is 1. The van der Waals surface area contributed by atoms with Gasteiger partial charge in [-0.05, 0) is 43.1 Å². The minimum Gasteiger partial charge on any atom is -0.510 e. The van der Waals surface area contributed by atoms with E-state index < -0.39 is 0 Å². The normalized spacial score (nSPS) is 18.4. The van der Waals surface area contributed by atoms with Crippen LogP contribution in [0, 0.1) is 0 Å². The summed E-state index contributed by atoms with van der Waals surface area (Å²) >= 11 is 0. The van der Waals surface area contributed by atoms with Gasteiger partial charge in [-0.1, -0.05) is 60.7 Å². The molecule has 0 amide bonds. The first-order valence-electron chi connectivity index (χ1n) is 10.6. The molecule has 1 saturated heterocycles. The fourth-order valence-corrected chi connectivity index (χ4v) is 4.12. The maximum absolute atomic E-state index is 10.5. The van der Waals surface area contributed by atoms with E-state index in [2.05, 4.69) is 82.0 Å². The van der Waals surface area contributed by atoms with Gasteiger partial charge in [0, 0.05) is 37.4 Å². The van der Waals surface area contributed by atoms with E-state index in [0.29, 0.717) is 18.3 Å². The molecule has 0 aromatic heterocycles. The van der Waals surface area contributed by atoms with Gasteiger partial charge in [0.25, 0.3) is 0 Å². The maximum Gasteiger partial charge on any atom is 0.116 e. The number of aliphatic hydroxyl groups is 1. The Labute approximate surface area is 174 Å². The molecule has 0 bridgehead atoms. The highest BCUT2D eigenvalue weighted by molar-refractivity contribution is 5.28. The lowest BCUT2D eigenvalue weighted by atomic mass is 10.0. The fourth-order valence-electron chi connectivity index (χ4n) is 4.12. The summed E-state index contributed by atoms with van der Waals surface area (Å²) in [6.45, 7) is 5.43. The quantitative estimate of drug-likeness (QED) is 0.748. The van der Waals surface area contributed by atoms with Crippen molar-refractivity contribution in [1.82, 2.24) is 15.1 Å². The van der Waals surface area contributed by atoms with Crippen molar-refractivity contribution in [2.24, 2.45) is 0 Å². The van der Waals surface area contributed by atoms with Crippen LogP contribution < -0.4 is 5.32 Å². The van der Waals surface area contributed by atoms with Crippen LogP contribution in [0.25, 0.3) is 0 Å². The van der Waals surface area contributed by atoms with Crippen LogP contribution in [-0.4, -0.2) is 47.1 Å². The van der Waals surface area contributed by atoms with Gasteiger partial charge in [-0.25, -0.2) is 0 Å². The summed E-state index contributed by atoms with van der Waals surface area (Å²) in [7, 11) is 0. The standard InChI is InChI=1S/C25H31N3O/c29-25-20-28(19-22-9-5-2-6-10-22)14-11-23(25)17-26-24-12-15-27(16-13-24)18-21-7-3-1-4-8-21/h1-11,14,24,26,29H,12-13,15-20H2. The van der Waals surface area contributed by atoms with Crippen LogP contribution in [0.15, 0.2) is 84.3 Å². The third-order valence-electron chi connectivity index (χ3n) is 5.86. The molecule has 4 nitrogen and oxygen atoms in total. The fraction of sp³-hybridized carbons (Fsp3) is 0.360. The topological polar surface area (TPSA) is 38.7 Å². The summed E-state index contributed by atoms with van der Waals surface area (Å²) in [6.07, 6.45) is 6.47. The lowest BCUT2D eigenvalue weighted by Crippen LogP contribution is -2.43. The molecule has 0 unspecified atom stereocenters. The predicted molar refractivity (Wildman–Crippen MR) is 118 cm³/mol. The van der Waals surface area contributed by atoms with Crippen LogP contribution >= 0.6 is 0 Å². The largest absolute Gasteiger partial charge is 0.510 e. The van der Waals surface area contributed by atoms with Crippen molar-refractivity contribution in [3.63, 3.8) is 0 Å². The van der Waals surface area contributed by atoms with E-state index in [0.717, 1.165) is 51.1 Å². The van der Waals surface area contributed by atoms with Crippen molar-refractivity contribution < 1.29 is 5.11 Å². The first-order valence-corrected chi connectivity index (χ1v) is 10.6. The molecule has 1 fully saturated rings. The minimum absolute atomic E-state index is 0.484. The number of likely N-dealkylation sites (tertiary alicyclic amines) is 1. The lowest BCUT2D eigenvalue weighted by molar-refractivity contribution is 0.192. The molecule has 29 heavy (non-hydrogen) atoms. The Bertz CT molecular complexity index is 824. The van der Waals surface area contributed by atoms with Gasteiger partial charge in [0.2, 0.25) is 0 Å². The van der Waals surface area contributed by atoms with E-state index in [1.807, 2.05) is 6.07 Å². The second-order valence-corrected chi connectivity index (χ2v) is 8.10. The van der Waals surface area contributed by atoms with Gasteiger partial charge in [0.1, 0.15) is 5.76 Å². The number of hydrogen-bond donors (Lipinski definition) is 2. The zero-order chi connectivity index (χ0) is 19.9. The zero-order valence-electron chi connectivity index (χ0n) is 17.0. The average Bonchev–Trinajstić information content (AvgIpc) is 2.76. The van der Waals surface area contributed by atoms with E-state index >= 15 is 0 Å². The molecule has 2 aromatic carbocycles. The Kier molecular flexibility index (Phi) is 6.65. The van der Waals surface area contributed by atoms with Crippen LogP contribution in [0.1, 0.15) is 24.0 Å².